The minimum atomic E-state index is -0.0439. The van der Waals surface area contributed by atoms with Crippen molar-refractivity contribution in [1.29, 1.82) is 0 Å². The first kappa shape index (κ1) is 42.3. The molecule has 0 saturated heterocycles. The van der Waals surface area contributed by atoms with E-state index in [2.05, 4.69) is 214 Å². The fourth-order valence-corrected chi connectivity index (χ4v) is 9.48. The van der Waals surface area contributed by atoms with E-state index in [4.69, 9.17) is 14.7 Å². The molecule has 5 heterocycles. The number of ether oxygens (including phenoxy) is 1. The van der Waals surface area contributed by atoms with Crippen LogP contribution in [-0.2, 0) is 31.9 Å². The summed E-state index contributed by atoms with van der Waals surface area (Å²) in [5, 5.41) is 4.37. The molecule has 0 N–H and O–H groups in total. The van der Waals surface area contributed by atoms with Gasteiger partial charge in [-0.15, -0.1) is 36.3 Å². The van der Waals surface area contributed by atoms with Gasteiger partial charge in [0, 0.05) is 67.4 Å². The molecule has 7 nitrogen and oxygen atoms in total. The van der Waals surface area contributed by atoms with Gasteiger partial charge in [-0.1, -0.05) is 125 Å². The van der Waals surface area contributed by atoms with Gasteiger partial charge in [-0.3, -0.25) is 0 Å². The number of pyridine rings is 2. The van der Waals surface area contributed by atoms with Crippen LogP contribution in [0.1, 0.15) is 63.8 Å². The monoisotopic (exact) mass is 1030 g/mol. The maximum Gasteiger partial charge on any atom is 0.135 e. The molecular weight excluding hydrogens is 980 g/mol. The Balaban J connectivity index is 0.00000498. The standard InChI is InChI=1S/C57H49N6O.Pt/c1-36-29-39(57(6,7)8)30-37(2)54(36)61-35-60(48-23-16-27-59-55(48)61)50-33-42(34-51-53(50)45-20-13-15-22-47(45)62(51)40-17-10-9-11-18-40)64-41-24-25-44-43-19-12-14-21-46(43)63(49(44)32-41)52-31-38(26-28-58-52)56(3,4)5;/h9-31,34-35H,1-8H3;/q-3;. The molecule has 0 unspecified atom stereocenters. The van der Waals surface area contributed by atoms with Crippen LogP contribution < -0.4 is 14.5 Å². The predicted octanol–water partition coefficient (Wildman–Crippen LogP) is 14.7. The Hall–Kier alpha value is -6.69. The summed E-state index contributed by atoms with van der Waals surface area (Å²) < 4.78 is 11.5. The van der Waals surface area contributed by atoms with Crippen LogP contribution in [0.2, 0.25) is 0 Å². The molecule has 4 aromatic heterocycles. The van der Waals surface area contributed by atoms with Crippen molar-refractivity contribution in [3.8, 4) is 23.0 Å². The first-order valence-electron chi connectivity index (χ1n) is 22.0. The SMILES string of the molecule is Cc1cc(C(C)(C)C)cc(C)c1N1[CH-]N(c2[c-]c(Oc3[c-]c4c(cc3)c3ccccc3n4-c3cc(C(C)(C)C)ccn3)cc3c2c2ccccc2n3-c2ccccc2)c2cccnc21.[Pt]. The third-order valence-electron chi connectivity index (χ3n) is 12.6. The number of hydrogen-bond acceptors (Lipinski definition) is 5. The first-order chi connectivity index (χ1) is 30.8. The number of benzene rings is 6. The van der Waals surface area contributed by atoms with Gasteiger partial charge < -0.3 is 23.7 Å². The van der Waals surface area contributed by atoms with Crippen LogP contribution in [0.4, 0.5) is 22.9 Å². The van der Waals surface area contributed by atoms with Gasteiger partial charge in [-0.25, -0.2) is 9.97 Å². The Bertz CT molecular complexity index is 3440. The van der Waals surface area contributed by atoms with Crippen molar-refractivity contribution < 1.29 is 25.8 Å². The summed E-state index contributed by atoms with van der Waals surface area (Å²) in [5.41, 5.74) is 12.9. The summed E-state index contributed by atoms with van der Waals surface area (Å²) in [5.74, 6) is 2.83. The van der Waals surface area contributed by atoms with Gasteiger partial charge in [0.2, 0.25) is 0 Å². The quantitative estimate of drug-likeness (QED) is 0.155. The maximum absolute atomic E-state index is 7.00. The number of anilines is 4. The van der Waals surface area contributed by atoms with Crippen molar-refractivity contribution in [3.63, 3.8) is 0 Å². The molecule has 0 radical (unpaired) electrons. The molecule has 8 heteroatoms. The Morgan fingerprint density at radius 3 is 1.95 bits per heavy atom. The average Bonchev–Trinajstić information content (AvgIpc) is 3.93. The summed E-state index contributed by atoms with van der Waals surface area (Å²) in [6.07, 6.45) is 3.78. The van der Waals surface area contributed by atoms with Crippen LogP contribution in [0.5, 0.6) is 11.5 Å². The van der Waals surface area contributed by atoms with Crippen LogP contribution in [0, 0.1) is 32.6 Å². The molecule has 0 atom stereocenters. The van der Waals surface area contributed by atoms with Gasteiger partial charge in [-0.05, 0) is 112 Å². The molecule has 11 rings (SSSR count). The average molecular weight is 1030 g/mol. The summed E-state index contributed by atoms with van der Waals surface area (Å²) in [6.45, 7) is 20.1. The van der Waals surface area contributed by atoms with Crippen LogP contribution in [0.25, 0.3) is 55.1 Å². The van der Waals surface area contributed by atoms with E-state index in [1.807, 2.05) is 24.5 Å². The maximum atomic E-state index is 7.00. The Morgan fingerprint density at radius 1 is 0.554 bits per heavy atom. The van der Waals surface area contributed by atoms with Crippen LogP contribution >= 0.6 is 0 Å². The van der Waals surface area contributed by atoms with E-state index >= 15 is 0 Å². The number of aryl methyl sites for hydroxylation is 2. The number of para-hydroxylation sites is 3. The van der Waals surface area contributed by atoms with Crippen LogP contribution in [0.3, 0.4) is 0 Å². The molecule has 0 amide bonds. The van der Waals surface area contributed by atoms with Crippen molar-refractivity contribution in [1.82, 2.24) is 19.1 Å². The van der Waals surface area contributed by atoms with Gasteiger partial charge in [0.15, 0.2) is 0 Å². The minimum Gasteiger partial charge on any atom is -0.509 e. The number of aromatic nitrogens is 4. The van der Waals surface area contributed by atoms with Gasteiger partial charge in [-0.2, -0.15) is 6.07 Å². The fourth-order valence-electron chi connectivity index (χ4n) is 9.48. The molecule has 0 fully saturated rings. The molecule has 0 bridgehead atoms. The summed E-state index contributed by atoms with van der Waals surface area (Å²) in [4.78, 5) is 14.4. The van der Waals surface area contributed by atoms with Crippen molar-refractivity contribution >= 4 is 66.5 Å². The molecule has 0 saturated carbocycles. The predicted molar refractivity (Wildman–Crippen MR) is 263 cm³/mol. The van der Waals surface area contributed by atoms with E-state index in [0.717, 1.165) is 78.0 Å². The summed E-state index contributed by atoms with van der Waals surface area (Å²) in [6, 6.07) is 54.5. The second-order valence-corrected chi connectivity index (χ2v) is 19.0. The Morgan fingerprint density at radius 2 is 1.23 bits per heavy atom. The first-order valence-corrected chi connectivity index (χ1v) is 22.0. The number of rotatable bonds is 6. The van der Waals surface area contributed by atoms with Gasteiger partial charge in [0.05, 0.1) is 5.69 Å². The van der Waals surface area contributed by atoms with E-state index in [9.17, 15) is 0 Å². The van der Waals surface area contributed by atoms with Crippen molar-refractivity contribution in [2.24, 2.45) is 0 Å². The second kappa shape index (κ2) is 15.8. The number of nitrogens with zero attached hydrogens (tertiary/aromatic N) is 6. The molecule has 0 aliphatic carbocycles. The fraction of sp³-hybridized carbons (Fsp3) is 0.175. The summed E-state index contributed by atoms with van der Waals surface area (Å²) in [7, 11) is 0. The minimum absolute atomic E-state index is 0. The van der Waals surface area contributed by atoms with Crippen LogP contribution in [0.15, 0.2) is 146 Å². The zero-order chi connectivity index (χ0) is 44.1. The number of fused-ring (bicyclic) bond motifs is 7. The molecule has 10 aromatic rings. The topological polar surface area (TPSA) is 51.4 Å². The van der Waals surface area contributed by atoms with Crippen molar-refractivity contribution in [3.05, 3.63) is 187 Å². The molecule has 326 valence electrons. The molecule has 65 heavy (non-hydrogen) atoms. The van der Waals surface area contributed by atoms with Crippen molar-refractivity contribution in [2.45, 2.75) is 66.2 Å². The van der Waals surface area contributed by atoms with E-state index < -0.39 is 0 Å². The molecule has 1 aliphatic heterocycles. The van der Waals surface area contributed by atoms with E-state index in [1.165, 1.54) is 22.3 Å². The van der Waals surface area contributed by atoms with Gasteiger partial charge in [0.25, 0.3) is 0 Å². The molecular formula is C57H49N6OPt-3. The largest absolute Gasteiger partial charge is 0.509 e. The van der Waals surface area contributed by atoms with E-state index in [0.29, 0.717) is 11.5 Å². The van der Waals surface area contributed by atoms with Gasteiger partial charge >= 0.3 is 0 Å². The zero-order valence-corrected chi connectivity index (χ0v) is 40.1. The molecule has 1 aliphatic rings. The third-order valence-corrected chi connectivity index (χ3v) is 12.6. The van der Waals surface area contributed by atoms with E-state index in [-0.39, 0.29) is 31.9 Å². The van der Waals surface area contributed by atoms with Crippen LogP contribution in [-0.4, -0.2) is 19.1 Å². The summed E-state index contributed by atoms with van der Waals surface area (Å²) >= 11 is 0. The number of hydrogen-bond donors (Lipinski definition) is 0. The third kappa shape index (κ3) is 7.08. The van der Waals surface area contributed by atoms with Crippen molar-refractivity contribution in [2.75, 3.05) is 9.80 Å². The Labute approximate surface area is 395 Å². The Kier molecular flexibility index (Phi) is 10.3. The molecule has 0 spiro atoms. The second-order valence-electron chi connectivity index (χ2n) is 19.0. The zero-order valence-electron chi connectivity index (χ0n) is 37.8. The van der Waals surface area contributed by atoms with Gasteiger partial charge in [0.1, 0.15) is 11.6 Å². The smallest absolute Gasteiger partial charge is 0.135 e. The van der Waals surface area contributed by atoms with E-state index in [1.54, 1.807) is 0 Å². The molecule has 6 aromatic carbocycles. The normalized spacial score (nSPS) is 13.0.